The van der Waals surface area contributed by atoms with Gasteiger partial charge in [0.25, 0.3) is 10.0 Å². The number of hydrogen-bond donors (Lipinski definition) is 2. The smallest absolute Gasteiger partial charge is 0.266 e. The molecule has 0 spiro atoms. The molecule has 0 fully saturated rings. The molecule has 9 nitrogen and oxygen atoms in total. The number of benzene rings is 1. The van der Waals surface area contributed by atoms with Gasteiger partial charge < -0.3 is 14.5 Å². The van der Waals surface area contributed by atoms with Crippen molar-refractivity contribution in [2.45, 2.75) is 11.3 Å². The van der Waals surface area contributed by atoms with Gasteiger partial charge in [-0.1, -0.05) is 11.6 Å². The van der Waals surface area contributed by atoms with Crippen LogP contribution < -0.4 is 14.2 Å². The average molecular weight is 408 g/mol. The zero-order chi connectivity index (χ0) is 19.6. The summed E-state index contributed by atoms with van der Waals surface area (Å²) in [6.07, 6.45) is 1.30. The highest BCUT2D eigenvalue weighted by Crippen LogP contribution is 2.29. The normalized spacial score (nSPS) is 11.2. The molecule has 2 N–H and O–H groups in total. The summed E-state index contributed by atoms with van der Waals surface area (Å²) in [5.74, 6) is -0.146. The lowest BCUT2D eigenvalue weighted by Gasteiger charge is -2.12. The van der Waals surface area contributed by atoms with Crippen molar-refractivity contribution in [1.82, 2.24) is 15.0 Å². The van der Waals surface area contributed by atoms with Gasteiger partial charge in [-0.15, -0.1) is 0 Å². The molecular weight excluding hydrogens is 394 g/mol. The summed E-state index contributed by atoms with van der Waals surface area (Å²) in [5.41, 5.74) is 0.899. The van der Waals surface area contributed by atoms with E-state index in [1.165, 1.54) is 20.4 Å². The Bertz CT molecular complexity index is 1130. The summed E-state index contributed by atoms with van der Waals surface area (Å²) in [7, 11) is -1.31. The number of methoxy groups -OCH3 is 2. The van der Waals surface area contributed by atoms with E-state index in [9.17, 15) is 8.42 Å². The fourth-order valence-electron chi connectivity index (χ4n) is 2.53. The van der Waals surface area contributed by atoms with Crippen LogP contribution in [0.1, 0.15) is 5.56 Å². The van der Waals surface area contributed by atoms with Crippen molar-refractivity contribution < 1.29 is 17.9 Å². The average Bonchev–Trinajstić information content (AvgIpc) is 3.06. The Morgan fingerprint density at radius 3 is 2.52 bits per heavy atom. The highest BCUT2D eigenvalue weighted by molar-refractivity contribution is 7.93. The lowest BCUT2D eigenvalue weighted by atomic mass is 10.2. The third-order valence-electron chi connectivity index (χ3n) is 3.69. The Kier molecular flexibility index (Phi) is 5.07. The summed E-state index contributed by atoms with van der Waals surface area (Å²) >= 11 is 5.92. The van der Waals surface area contributed by atoms with Gasteiger partial charge in [0, 0.05) is 22.1 Å². The van der Waals surface area contributed by atoms with Crippen molar-refractivity contribution in [2.75, 3.05) is 18.9 Å². The van der Waals surface area contributed by atoms with Gasteiger partial charge in [0.2, 0.25) is 17.7 Å². The van der Waals surface area contributed by atoms with Crippen molar-refractivity contribution >= 4 is 38.5 Å². The summed E-state index contributed by atoms with van der Waals surface area (Å²) in [6, 6.07) is 6.77. The number of H-pyrrole nitrogens is 1. The van der Waals surface area contributed by atoms with Crippen LogP contribution in [-0.2, 0) is 16.4 Å². The summed E-state index contributed by atoms with van der Waals surface area (Å²) in [5, 5.41) is 9.86. The fourth-order valence-corrected chi connectivity index (χ4v) is 3.82. The maximum atomic E-state index is 12.8. The van der Waals surface area contributed by atoms with Gasteiger partial charge in [-0.05, 0) is 18.2 Å². The maximum absolute atomic E-state index is 12.8. The van der Waals surface area contributed by atoms with Crippen LogP contribution in [0.4, 0.5) is 5.95 Å². The highest BCUT2D eigenvalue weighted by Gasteiger charge is 2.23. The molecule has 27 heavy (non-hydrogen) atoms. The Morgan fingerprint density at radius 2 is 1.93 bits per heavy atom. The van der Waals surface area contributed by atoms with Crippen LogP contribution in [0.3, 0.4) is 0 Å². The maximum Gasteiger partial charge on any atom is 0.266 e. The SMILES string of the molecule is COc1nc(NS(=O)(=O)c2c[nH]c3cc(Cl)ccc23)nc(OC)c1CC#N. The predicted molar refractivity (Wildman–Crippen MR) is 98.6 cm³/mol. The number of nitriles is 1. The molecule has 0 saturated carbocycles. The molecule has 0 aliphatic carbocycles. The van der Waals surface area contributed by atoms with Gasteiger partial charge >= 0.3 is 0 Å². The molecular formula is C16H14ClN5O4S. The molecule has 0 atom stereocenters. The van der Waals surface area contributed by atoms with Crippen LogP contribution in [0.25, 0.3) is 10.9 Å². The van der Waals surface area contributed by atoms with Gasteiger partial charge in [0.1, 0.15) is 4.90 Å². The Balaban J connectivity index is 2.04. The number of halogens is 1. The lowest BCUT2D eigenvalue weighted by molar-refractivity contribution is 0.365. The molecule has 0 aliphatic heterocycles. The van der Waals surface area contributed by atoms with Crippen molar-refractivity contribution in [3.05, 3.63) is 35.0 Å². The molecule has 0 amide bonds. The Labute approximate surface area is 160 Å². The number of hydrogen-bond acceptors (Lipinski definition) is 7. The van der Waals surface area contributed by atoms with Gasteiger partial charge in [0.05, 0.1) is 32.3 Å². The van der Waals surface area contributed by atoms with E-state index in [-0.39, 0.29) is 29.0 Å². The van der Waals surface area contributed by atoms with Crippen molar-refractivity contribution in [3.63, 3.8) is 0 Å². The second kappa shape index (κ2) is 7.30. The number of aromatic amines is 1. The Morgan fingerprint density at radius 1 is 1.26 bits per heavy atom. The molecule has 0 aliphatic rings. The first-order chi connectivity index (χ1) is 12.9. The standard InChI is InChI=1S/C16H14ClN5O4S/c1-25-14-11(5-6-18)15(26-2)21-16(20-14)22-27(23,24)13-8-19-12-7-9(17)3-4-10(12)13/h3-4,7-8,19H,5H2,1-2H3,(H,20,21,22). The monoisotopic (exact) mass is 407 g/mol. The number of fused-ring (bicyclic) bond motifs is 1. The number of aromatic nitrogens is 3. The molecule has 140 valence electrons. The molecule has 11 heteroatoms. The first-order valence-corrected chi connectivity index (χ1v) is 9.41. The van der Waals surface area contributed by atoms with Crippen LogP contribution in [0.15, 0.2) is 29.3 Å². The number of nitrogens with one attached hydrogen (secondary N) is 2. The second-order valence-electron chi connectivity index (χ2n) is 5.33. The Hall–Kier alpha value is -3.03. The van der Waals surface area contributed by atoms with Crippen LogP contribution >= 0.6 is 11.6 Å². The second-order valence-corrected chi connectivity index (χ2v) is 7.41. The topological polar surface area (TPSA) is 130 Å². The molecule has 1 aromatic carbocycles. The molecule has 0 saturated heterocycles. The van der Waals surface area contributed by atoms with Gasteiger partial charge in [-0.2, -0.15) is 15.2 Å². The first-order valence-electron chi connectivity index (χ1n) is 7.55. The molecule has 3 rings (SSSR count). The number of ether oxygens (including phenoxy) is 2. The quantitative estimate of drug-likeness (QED) is 0.641. The number of rotatable bonds is 6. The summed E-state index contributed by atoms with van der Waals surface area (Å²) < 4.78 is 38.2. The van der Waals surface area contributed by atoms with Gasteiger partial charge in [0.15, 0.2) is 0 Å². The van der Waals surface area contributed by atoms with Crippen LogP contribution in [0, 0.1) is 11.3 Å². The number of nitrogens with zero attached hydrogens (tertiary/aromatic N) is 3. The van der Waals surface area contributed by atoms with E-state index in [4.69, 9.17) is 26.3 Å². The summed E-state index contributed by atoms with van der Waals surface area (Å²) in [6.45, 7) is 0. The minimum atomic E-state index is -4.01. The van der Waals surface area contributed by atoms with E-state index in [0.29, 0.717) is 21.5 Å². The summed E-state index contributed by atoms with van der Waals surface area (Å²) in [4.78, 5) is 10.9. The molecule has 0 radical (unpaired) electrons. The molecule has 2 heterocycles. The predicted octanol–water partition coefficient (Wildman–Crippen LogP) is 2.50. The third-order valence-corrected chi connectivity index (χ3v) is 5.30. The van der Waals surface area contributed by atoms with Crippen molar-refractivity contribution in [3.8, 4) is 17.8 Å². The zero-order valence-corrected chi connectivity index (χ0v) is 15.8. The minimum Gasteiger partial charge on any atom is -0.481 e. The van der Waals surface area contributed by atoms with Crippen LogP contribution in [-0.4, -0.2) is 37.6 Å². The van der Waals surface area contributed by atoms with Crippen LogP contribution in [0.2, 0.25) is 5.02 Å². The zero-order valence-electron chi connectivity index (χ0n) is 14.3. The largest absolute Gasteiger partial charge is 0.481 e. The van der Waals surface area contributed by atoms with Gasteiger partial charge in [-0.25, -0.2) is 13.1 Å². The lowest BCUT2D eigenvalue weighted by Crippen LogP contribution is -2.16. The molecule has 0 unspecified atom stereocenters. The fraction of sp³-hybridized carbons (Fsp3) is 0.188. The molecule has 2 aromatic heterocycles. The molecule has 3 aromatic rings. The first kappa shape index (κ1) is 18.8. The van der Waals surface area contributed by atoms with Crippen molar-refractivity contribution in [2.24, 2.45) is 0 Å². The minimum absolute atomic E-state index is 0.0109. The van der Waals surface area contributed by atoms with E-state index in [0.717, 1.165) is 0 Å². The van der Waals surface area contributed by atoms with E-state index in [2.05, 4.69) is 19.7 Å². The van der Waals surface area contributed by atoms with E-state index >= 15 is 0 Å². The third kappa shape index (κ3) is 3.60. The number of sulfonamides is 1. The van der Waals surface area contributed by atoms with Crippen LogP contribution in [0.5, 0.6) is 11.8 Å². The van der Waals surface area contributed by atoms with Crippen molar-refractivity contribution in [1.29, 1.82) is 5.26 Å². The molecule has 0 bridgehead atoms. The highest BCUT2D eigenvalue weighted by atomic mass is 35.5. The van der Waals surface area contributed by atoms with E-state index < -0.39 is 10.0 Å². The van der Waals surface area contributed by atoms with E-state index in [1.807, 2.05) is 6.07 Å². The number of anilines is 1. The van der Waals surface area contributed by atoms with Gasteiger partial charge in [-0.3, -0.25) is 0 Å². The van der Waals surface area contributed by atoms with E-state index in [1.54, 1.807) is 18.2 Å².